The first-order valence-corrected chi connectivity index (χ1v) is 4.35. The van der Waals surface area contributed by atoms with Gasteiger partial charge in [0.2, 0.25) is 0 Å². The topological polar surface area (TPSA) is 35.3 Å². The van der Waals surface area contributed by atoms with E-state index < -0.39 is 0 Å². The largest absolute Gasteiger partial charge is 0.463 e. The summed E-state index contributed by atoms with van der Waals surface area (Å²) >= 11 is 3.23. The Morgan fingerprint density at radius 1 is 1.55 bits per heavy atom. The minimum absolute atomic E-state index is 0.476. The van der Waals surface area contributed by atoms with Crippen LogP contribution in [0.15, 0.2) is 9.02 Å². The lowest BCUT2D eigenvalue weighted by molar-refractivity contribution is 0.248. The Morgan fingerprint density at radius 2 is 2.27 bits per heavy atom. The van der Waals surface area contributed by atoms with Gasteiger partial charge in [-0.15, -0.1) is 0 Å². The molecule has 0 unspecified atom stereocenters. The van der Waals surface area contributed by atoms with E-state index in [1.807, 2.05) is 13.8 Å². The summed E-state index contributed by atoms with van der Waals surface area (Å²) in [5.74, 6) is 1.17. The average molecular weight is 220 g/mol. The van der Waals surface area contributed by atoms with Crippen LogP contribution in [-0.2, 0) is 6.42 Å². The molecular formula is C7H10BrNO2. The molecule has 11 heavy (non-hydrogen) atoms. The van der Waals surface area contributed by atoms with E-state index in [1.165, 1.54) is 0 Å². The molecule has 0 aliphatic carbocycles. The molecule has 0 atom stereocenters. The van der Waals surface area contributed by atoms with Crippen molar-refractivity contribution in [3.63, 3.8) is 0 Å². The molecule has 0 amide bonds. The first kappa shape index (κ1) is 8.59. The maximum absolute atomic E-state index is 5.22. The molecule has 3 nitrogen and oxygen atoms in total. The van der Waals surface area contributed by atoms with Crippen LogP contribution in [0.3, 0.4) is 0 Å². The van der Waals surface area contributed by atoms with Crippen LogP contribution >= 0.6 is 15.9 Å². The Morgan fingerprint density at radius 3 is 2.73 bits per heavy atom. The minimum atomic E-state index is 0.476. The molecule has 62 valence electrons. The number of halogens is 1. The first-order valence-electron chi connectivity index (χ1n) is 3.56. The highest BCUT2D eigenvalue weighted by molar-refractivity contribution is 9.10. The first-order chi connectivity index (χ1) is 5.27. The van der Waals surface area contributed by atoms with Gasteiger partial charge < -0.3 is 9.15 Å². The van der Waals surface area contributed by atoms with Crippen molar-refractivity contribution in [1.82, 2.24) is 4.98 Å². The molecule has 0 aliphatic rings. The van der Waals surface area contributed by atoms with Crippen molar-refractivity contribution in [3.05, 3.63) is 10.5 Å². The molecule has 0 bridgehead atoms. The fourth-order valence-electron chi connectivity index (χ4n) is 0.698. The van der Waals surface area contributed by atoms with E-state index in [9.17, 15) is 0 Å². The van der Waals surface area contributed by atoms with Gasteiger partial charge in [0.25, 0.3) is 0 Å². The van der Waals surface area contributed by atoms with Gasteiger partial charge in [-0.25, -0.2) is 4.98 Å². The van der Waals surface area contributed by atoms with Crippen LogP contribution < -0.4 is 4.74 Å². The highest BCUT2D eigenvalue weighted by Gasteiger charge is 2.09. The molecule has 1 aromatic heterocycles. The Kier molecular flexibility index (Phi) is 2.93. The standard InChI is InChI=1S/C7H10BrNO2/c1-3-5-9-6(8)7(11-5)10-4-2/h3-4H2,1-2H3. The third kappa shape index (κ3) is 1.96. The second kappa shape index (κ2) is 3.76. The fourth-order valence-corrected chi connectivity index (χ4v) is 1.09. The number of oxazole rings is 1. The molecule has 1 heterocycles. The Bertz CT molecular complexity index is 234. The van der Waals surface area contributed by atoms with E-state index >= 15 is 0 Å². The Balaban J connectivity index is 2.79. The second-order valence-corrected chi connectivity index (χ2v) is 2.72. The van der Waals surface area contributed by atoms with Crippen LogP contribution in [0.25, 0.3) is 0 Å². The van der Waals surface area contributed by atoms with Gasteiger partial charge in [0.05, 0.1) is 6.61 Å². The van der Waals surface area contributed by atoms with E-state index in [0.29, 0.717) is 23.0 Å². The second-order valence-electron chi connectivity index (χ2n) is 1.97. The van der Waals surface area contributed by atoms with Crippen molar-refractivity contribution in [1.29, 1.82) is 0 Å². The van der Waals surface area contributed by atoms with E-state index in [2.05, 4.69) is 20.9 Å². The molecule has 0 saturated carbocycles. The number of aromatic nitrogens is 1. The highest BCUT2D eigenvalue weighted by Crippen LogP contribution is 2.25. The average Bonchev–Trinajstić information content (AvgIpc) is 2.33. The third-order valence-electron chi connectivity index (χ3n) is 1.18. The monoisotopic (exact) mass is 219 g/mol. The Hall–Kier alpha value is -0.510. The van der Waals surface area contributed by atoms with Gasteiger partial charge in [-0.05, 0) is 22.9 Å². The van der Waals surface area contributed by atoms with Crippen molar-refractivity contribution < 1.29 is 9.15 Å². The predicted molar refractivity (Wildman–Crippen MR) is 44.8 cm³/mol. The zero-order valence-corrected chi connectivity index (χ0v) is 8.14. The molecule has 0 spiro atoms. The molecule has 0 radical (unpaired) electrons. The van der Waals surface area contributed by atoms with Gasteiger partial charge in [0.15, 0.2) is 10.5 Å². The molecule has 1 aromatic rings. The maximum Gasteiger partial charge on any atom is 0.320 e. The SMILES string of the molecule is CCOc1oc(CC)nc1Br. The quantitative estimate of drug-likeness (QED) is 0.784. The lowest BCUT2D eigenvalue weighted by Crippen LogP contribution is -1.89. The number of aryl methyl sites for hydroxylation is 1. The van der Waals surface area contributed by atoms with Crippen molar-refractivity contribution in [3.8, 4) is 5.95 Å². The normalized spacial score (nSPS) is 10.1. The summed E-state index contributed by atoms with van der Waals surface area (Å²) in [6, 6.07) is 0. The third-order valence-corrected chi connectivity index (χ3v) is 1.68. The molecule has 1 rings (SSSR count). The number of nitrogens with zero attached hydrogens (tertiary/aromatic N) is 1. The van der Waals surface area contributed by atoms with E-state index in [0.717, 1.165) is 6.42 Å². The maximum atomic E-state index is 5.22. The molecule has 0 fully saturated rings. The lowest BCUT2D eigenvalue weighted by Gasteiger charge is -1.94. The summed E-state index contributed by atoms with van der Waals surface area (Å²) in [7, 11) is 0. The molecule has 0 saturated heterocycles. The number of rotatable bonds is 3. The van der Waals surface area contributed by atoms with Gasteiger partial charge >= 0.3 is 5.95 Å². The lowest BCUT2D eigenvalue weighted by atomic mass is 10.5. The molecule has 0 aliphatic heterocycles. The number of hydrogen-bond acceptors (Lipinski definition) is 3. The Labute approximate surface area is 73.9 Å². The van der Waals surface area contributed by atoms with Gasteiger partial charge in [0.1, 0.15) is 0 Å². The zero-order chi connectivity index (χ0) is 8.27. The van der Waals surface area contributed by atoms with Gasteiger partial charge in [0, 0.05) is 6.42 Å². The predicted octanol–water partition coefficient (Wildman–Crippen LogP) is 2.40. The molecule has 0 aromatic carbocycles. The van der Waals surface area contributed by atoms with Crippen LogP contribution in [0.1, 0.15) is 19.7 Å². The van der Waals surface area contributed by atoms with Crippen LogP contribution in [-0.4, -0.2) is 11.6 Å². The highest BCUT2D eigenvalue weighted by atomic mass is 79.9. The van der Waals surface area contributed by atoms with Gasteiger partial charge in [-0.3, -0.25) is 0 Å². The summed E-state index contributed by atoms with van der Waals surface area (Å²) in [6.45, 7) is 4.48. The van der Waals surface area contributed by atoms with Crippen LogP contribution in [0.2, 0.25) is 0 Å². The summed E-state index contributed by atoms with van der Waals surface area (Å²) in [4.78, 5) is 4.07. The molecule has 4 heteroatoms. The van der Waals surface area contributed by atoms with Gasteiger partial charge in [-0.2, -0.15) is 0 Å². The van der Waals surface area contributed by atoms with E-state index in [-0.39, 0.29) is 0 Å². The summed E-state index contributed by atoms with van der Waals surface area (Å²) in [5.41, 5.74) is 0. The van der Waals surface area contributed by atoms with Crippen LogP contribution in [0.5, 0.6) is 5.95 Å². The van der Waals surface area contributed by atoms with E-state index in [1.54, 1.807) is 0 Å². The smallest absolute Gasteiger partial charge is 0.320 e. The van der Waals surface area contributed by atoms with Crippen molar-refractivity contribution in [2.75, 3.05) is 6.61 Å². The fraction of sp³-hybridized carbons (Fsp3) is 0.571. The van der Waals surface area contributed by atoms with E-state index in [4.69, 9.17) is 9.15 Å². The molecular weight excluding hydrogens is 210 g/mol. The summed E-state index contributed by atoms with van der Waals surface area (Å²) < 4.78 is 11.0. The van der Waals surface area contributed by atoms with Crippen LogP contribution in [0.4, 0.5) is 0 Å². The number of ether oxygens (including phenoxy) is 1. The summed E-state index contributed by atoms with van der Waals surface area (Å²) in [6.07, 6.45) is 0.783. The van der Waals surface area contributed by atoms with Crippen molar-refractivity contribution >= 4 is 15.9 Å². The van der Waals surface area contributed by atoms with Gasteiger partial charge in [-0.1, -0.05) is 6.92 Å². The van der Waals surface area contributed by atoms with Crippen molar-refractivity contribution in [2.45, 2.75) is 20.3 Å². The van der Waals surface area contributed by atoms with Crippen LogP contribution in [0, 0.1) is 0 Å². The zero-order valence-electron chi connectivity index (χ0n) is 6.56. The summed E-state index contributed by atoms with van der Waals surface area (Å²) in [5, 5.41) is 0. The number of hydrogen-bond donors (Lipinski definition) is 0. The molecule has 0 N–H and O–H groups in total. The van der Waals surface area contributed by atoms with Crippen molar-refractivity contribution in [2.24, 2.45) is 0 Å². The minimum Gasteiger partial charge on any atom is -0.463 e.